The van der Waals surface area contributed by atoms with Crippen molar-refractivity contribution in [1.82, 2.24) is 9.78 Å². The van der Waals surface area contributed by atoms with E-state index in [2.05, 4.69) is 18.3 Å². The summed E-state index contributed by atoms with van der Waals surface area (Å²) in [5, 5.41) is 13.2. The first kappa shape index (κ1) is 14.5. The summed E-state index contributed by atoms with van der Waals surface area (Å²) in [5.41, 5.74) is -0.519. The number of carboxylic acid groups (broad SMARTS) is 1. The van der Waals surface area contributed by atoms with Crippen molar-refractivity contribution in [2.24, 2.45) is 5.92 Å². The highest BCUT2D eigenvalue weighted by molar-refractivity contribution is 5.85. The number of carboxylic acids is 1. The molecular formula is C15H20N2O3. The van der Waals surface area contributed by atoms with Crippen molar-refractivity contribution in [3.63, 3.8) is 0 Å². The van der Waals surface area contributed by atoms with Gasteiger partial charge in [-0.25, -0.2) is 9.48 Å². The lowest BCUT2D eigenvalue weighted by Gasteiger charge is -2.21. The predicted octanol–water partition coefficient (Wildman–Crippen LogP) is 0.732. The van der Waals surface area contributed by atoms with E-state index >= 15 is 0 Å². The van der Waals surface area contributed by atoms with Gasteiger partial charge >= 0.3 is 5.97 Å². The van der Waals surface area contributed by atoms with Gasteiger partial charge in [0, 0.05) is 17.0 Å². The number of hydrogen-bond acceptors (Lipinski definition) is 3. The molecular weight excluding hydrogens is 256 g/mol. The highest BCUT2D eigenvalue weighted by Gasteiger charge is 2.15. The minimum Gasteiger partial charge on any atom is -0.476 e. The van der Waals surface area contributed by atoms with Crippen LogP contribution in [0.2, 0.25) is 0 Å². The second-order valence-corrected chi connectivity index (χ2v) is 5.43. The van der Waals surface area contributed by atoms with E-state index in [-0.39, 0.29) is 21.7 Å². The van der Waals surface area contributed by atoms with Gasteiger partial charge in [0.15, 0.2) is 5.69 Å². The molecule has 5 nitrogen and oxygen atoms in total. The zero-order chi connectivity index (χ0) is 14.7. The van der Waals surface area contributed by atoms with Crippen LogP contribution in [-0.4, -0.2) is 20.9 Å². The molecule has 1 aliphatic rings. The fourth-order valence-corrected chi connectivity index (χ4v) is 2.76. The van der Waals surface area contributed by atoms with Crippen LogP contribution in [0.5, 0.6) is 0 Å². The van der Waals surface area contributed by atoms with Gasteiger partial charge in [-0.1, -0.05) is 45.3 Å². The van der Waals surface area contributed by atoms with Crippen LogP contribution in [-0.2, 0) is 6.54 Å². The van der Waals surface area contributed by atoms with E-state index in [0.29, 0.717) is 12.5 Å². The Labute approximate surface area is 117 Å². The van der Waals surface area contributed by atoms with Gasteiger partial charge in [0.05, 0.1) is 0 Å². The Kier molecular flexibility index (Phi) is 4.37. The van der Waals surface area contributed by atoms with Crippen molar-refractivity contribution in [2.45, 2.75) is 45.1 Å². The van der Waals surface area contributed by atoms with Gasteiger partial charge in [0.1, 0.15) is 0 Å². The molecule has 0 aromatic carbocycles. The number of hydrogen-bond donors (Lipinski definition) is 1. The van der Waals surface area contributed by atoms with Gasteiger partial charge in [-0.05, 0) is 12.3 Å². The average Bonchev–Trinajstić information content (AvgIpc) is 2.45. The van der Waals surface area contributed by atoms with Crippen molar-refractivity contribution in [2.75, 3.05) is 0 Å². The van der Waals surface area contributed by atoms with Crippen LogP contribution in [0.4, 0.5) is 0 Å². The Morgan fingerprint density at radius 1 is 1.25 bits per heavy atom. The Morgan fingerprint density at radius 2 is 1.90 bits per heavy atom. The molecule has 20 heavy (non-hydrogen) atoms. The molecule has 1 aromatic heterocycles. The van der Waals surface area contributed by atoms with Gasteiger partial charge in [0.25, 0.3) is 5.56 Å². The van der Waals surface area contributed by atoms with Gasteiger partial charge < -0.3 is 5.11 Å². The number of aromatic carboxylic acids is 1. The molecule has 0 unspecified atom stereocenters. The smallest absolute Gasteiger partial charge is 0.356 e. The molecule has 0 radical (unpaired) electrons. The summed E-state index contributed by atoms with van der Waals surface area (Å²) in [4.78, 5) is 23.1. The highest BCUT2D eigenvalue weighted by atomic mass is 16.4. The molecule has 1 fully saturated rings. The van der Waals surface area contributed by atoms with Crippen molar-refractivity contribution in [1.29, 1.82) is 0 Å². The lowest BCUT2D eigenvalue weighted by molar-refractivity contribution is 0.0685. The predicted molar refractivity (Wildman–Crippen MR) is 76.9 cm³/mol. The topological polar surface area (TPSA) is 72.2 Å². The zero-order valence-corrected chi connectivity index (χ0v) is 11.6. The number of carbonyl (C=O) groups is 1. The van der Waals surface area contributed by atoms with Crippen LogP contribution >= 0.6 is 0 Å². The fraction of sp³-hybridized carbons (Fsp3) is 0.533. The maximum atomic E-state index is 12.0. The number of aromatic nitrogens is 2. The van der Waals surface area contributed by atoms with Gasteiger partial charge in [-0.15, -0.1) is 0 Å². The molecule has 0 aliphatic heterocycles. The van der Waals surface area contributed by atoms with Gasteiger partial charge in [-0.3, -0.25) is 4.79 Å². The van der Waals surface area contributed by atoms with Crippen LogP contribution in [0.3, 0.4) is 0 Å². The minimum absolute atomic E-state index is 0.108. The summed E-state index contributed by atoms with van der Waals surface area (Å²) >= 11 is 0. The molecule has 0 bridgehead atoms. The third-order valence-corrected chi connectivity index (χ3v) is 4.04. The molecule has 1 aliphatic carbocycles. The van der Waals surface area contributed by atoms with Crippen molar-refractivity contribution in [3.05, 3.63) is 26.5 Å². The number of rotatable bonds is 4. The molecule has 0 amide bonds. The third kappa shape index (κ3) is 2.98. The largest absolute Gasteiger partial charge is 0.476 e. The van der Waals surface area contributed by atoms with Crippen LogP contribution in [0.25, 0.3) is 13.2 Å². The number of aryl methyl sites for hydroxylation is 1. The maximum absolute atomic E-state index is 12.0. The van der Waals surface area contributed by atoms with Crippen LogP contribution in [0, 0.1) is 5.92 Å². The standard InChI is InChI=1S/C15H20N2O3/c1-10-11(2)14(18)17(16-13(10)15(19)20)9-8-12-6-4-3-5-7-12/h12H,1-9H2,(H,19,20). The van der Waals surface area contributed by atoms with E-state index in [9.17, 15) is 9.59 Å². The van der Waals surface area contributed by atoms with Crippen molar-refractivity contribution < 1.29 is 9.90 Å². The van der Waals surface area contributed by atoms with E-state index in [1.165, 1.54) is 36.8 Å². The second kappa shape index (κ2) is 6.03. The monoisotopic (exact) mass is 276 g/mol. The normalized spacial score (nSPS) is 16.2. The molecule has 1 heterocycles. The lowest BCUT2D eigenvalue weighted by atomic mass is 9.87. The van der Waals surface area contributed by atoms with Crippen molar-refractivity contribution >= 4 is 19.1 Å². The molecule has 108 valence electrons. The third-order valence-electron chi connectivity index (χ3n) is 4.04. The first-order chi connectivity index (χ1) is 9.50. The second-order valence-electron chi connectivity index (χ2n) is 5.43. The van der Waals surface area contributed by atoms with E-state index < -0.39 is 5.97 Å². The summed E-state index contributed by atoms with van der Waals surface area (Å²) in [6.07, 6.45) is 7.01. The maximum Gasteiger partial charge on any atom is 0.356 e. The molecule has 1 saturated carbocycles. The number of nitrogens with zero attached hydrogens (tertiary/aromatic N) is 2. The van der Waals surface area contributed by atoms with Gasteiger partial charge in [0.2, 0.25) is 0 Å². The molecule has 0 atom stereocenters. The Balaban J connectivity index is 2.23. The van der Waals surface area contributed by atoms with E-state index in [1.807, 2.05) is 0 Å². The Bertz CT molecular complexity index is 657. The van der Waals surface area contributed by atoms with Crippen molar-refractivity contribution in [3.8, 4) is 0 Å². The zero-order valence-electron chi connectivity index (χ0n) is 11.6. The van der Waals surface area contributed by atoms with Crippen LogP contribution < -0.4 is 16.0 Å². The molecule has 2 rings (SSSR count). The van der Waals surface area contributed by atoms with Crippen LogP contribution in [0.15, 0.2) is 4.79 Å². The summed E-state index contributed by atoms with van der Waals surface area (Å²) in [5.74, 6) is -0.565. The highest BCUT2D eigenvalue weighted by Crippen LogP contribution is 2.26. The molecule has 5 heteroatoms. The quantitative estimate of drug-likeness (QED) is 0.880. The first-order valence-electron chi connectivity index (χ1n) is 7.03. The van der Waals surface area contributed by atoms with Crippen LogP contribution in [0.1, 0.15) is 49.0 Å². The minimum atomic E-state index is -1.17. The Hall–Kier alpha value is -1.91. The van der Waals surface area contributed by atoms with E-state index in [1.54, 1.807) is 0 Å². The van der Waals surface area contributed by atoms with Gasteiger partial charge in [-0.2, -0.15) is 5.10 Å². The summed E-state index contributed by atoms with van der Waals surface area (Å²) in [6.45, 7) is 7.64. The fourth-order valence-electron chi connectivity index (χ4n) is 2.76. The summed E-state index contributed by atoms with van der Waals surface area (Å²) in [6, 6.07) is 0. The average molecular weight is 276 g/mol. The van der Waals surface area contributed by atoms with E-state index in [0.717, 1.165) is 6.42 Å². The van der Waals surface area contributed by atoms with E-state index in [4.69, 9.17) is 5.11 Å². The molecule has 1 N–H and O–H groups in total. The lowest BCUT2D eigenvalue weighted by Crippen LogP contribution is -2.48. The summed E-state index contributed by atoms with van der Waals surface area (Å²) < 4.78 is 1.23. The Morgan fingerprint density at radius 3 is 2.50 bits per heavy atom. The molecule has 0 saturated heterocycles. The summed E-state index contributed by atoms with van der Waals surface area (Å²) in [7, 11) is 0. The SMILES string of the molecule is C=c1c(C(=O)O)nn(CCC2CCCCC2)c(=O)c1=C. The molecule has 0 spiro atoms. The molecule has 1 aromatic rings. The first-order valence-corrected chi connectivity index (χ1v) is 7.03.